The van der Waals surface area contributed by atoms with Crippen LogP contribution >= 0.6 is 11.3 Å². The molecule has 0 saturated heterocycles. The van der Waals surface area contributed by atoms with Gasteiger partial charge >= 0.3 is 0 Å². The van der Waals surface area contributed by atoms with Crippen LogP contribution in [-0.2, 0) is 29.0 Å². The Morgan fingerprint density at radius 2 is 1.83 bits per heavy atom. The van der Waals surface area contributed by atoms with E-state index in [0.717, 1.165) is 55.2 Å². The van der Waals surface area contributed by atoms with Crippen molar-refractivity contribution in [3.63, 3.8) is 0 Å². The molecule has 7 nitrogen and oxygen atoms in total. The van der Waals surface area contributed by atoms with Crippen LogP contribution in [0.2, 0.25) is 0 Å². The van der Waals surface area contributed by atoms with Crippen LogP contribution in [-0.4, -0.2) is 34.5 Å². The maximum atomic E-state index is 12.9. The number of fused-ring (bicyclic) bond motifs is 3. The molecule has 2 aromatic heterocycles. The van der Waals surface area contributed by atoms with E-state index in [0.29, 0.717) is 19.6 Å². The predicted molar refractivity (Wildman–Crippen MR) is 118 cm³/mol. The molecule has 2 aliphatic carbocycles. The molecule has 0 bridgehead atoms. The van der Waals surface area contributed by atoms with Crippen LogP contribution in [0, 0.1) is 5.92 Å². The van der Waals surface area contributed by atoms with Crippen molar-refractivity contribution in [1.29, 1.82) is 0 Å². The van der Waals surface area contributed by atoms with Crippen molar-refractivity contribution in [2.24, 2.45) is 5.92 Å². The Morgan fingerprint density at radius 1 is 1.07 bits per heavy atom. The van der Waals surface area contributed by atoms with Crippen molar-refractivity contribution in [3.8, 4) is 0 Å². The lowest BCUT2D eigenvalue weighted by Crippen LogP contribution is -2.38. The highest BCUT2D eigenvalue weighted by atomic mass is 32.1. The molecule has 0 atom stereocenters. The lowest BCUT2D eigenvalue weighted by Gasteiger charge is -2.20. The van der Waals surface area contributed by atoms with E-state index in [9.17, 15) is 14.4 Å². The Hall–Kier alpha value is -2.22. The summed E-state index contributed by atoms with van der Waals surface area (Å²) in [6.07, 6.45) is 11.5. The zero-order valence-corrected chi connectivity index (χ0v) is 18.2. The van der Waals surface area contributed by atoms with Gasteiger partial charge in [0.05, 0.1) is 11.7 Å². The van der Waals surface area contributed by atoms with Crippen molar-refractivity contribution >= 4 is 33.4 Å². The number of hydrogen-bond acceptors (Lipinski definition) is 5. The molecule has 0 spiro atoms. The second-order valence-electron chi connectivity index (χ2n) is 8.36. The minimum absolute atomic E-state index is 0.0352. The quantitative estimate of drug-likeness (QED) is 0.660. The number of nitrogens with one attached hydrogen (secondary N) is 2. The number of amides is 2. The van der Waals surface area contributed by atoms with E-state index >= 15 is 0 Å². The van der Waals surface area contributed by atoms with Gasteiger partial charge in [0.1, 0.15) is 4.83 Å². The lowest BCUT2D eigenvalue weighted by molar-refractivity contribution is -0.126. The van der Waals surface area contributed by atoms with Crippen molar-refractivity contribution in [2.45, 2.75) is 70.8 Å². The van der Waals surface area contributed by atoms with Gasteiger partial charge in [-0.1, -0.05) is 19.3 Å². The van der Waals surface area contributed by atoms with Gasteiger partial charge in [0.15, 0.2) is 0 Å². The van der Waals surface area contributed by atoms with Gasteiger partial charge < -0.3 is 10.6 Å². The van der Waals surface area contributed by atoms with E-state index in [2.05, 4.69) is 15.6 Å². The third-order valence-corrected chi connectivity index (χ3v) is 7.44. The molecular weight excluding hydrogens is 400 g/mol. The third kappa shape index (κ3) is 4.74. The Balaban J connectivity index is 1.25. The number of nitrogens with zero attached hydrogens (tertiary/aromatic N) is 2. The van der Waals surface area contributed by atoms with Gasteiger partial charge in [-0.3, -0.25) is 19.0 Å². The third-order valence-electron chi connectivity index (χ3n) is 6.24. The summed E-state index contributed by atoms with van der Waals surface area (Å²) in [5, 5.41) is 6.50. The summed E-state index contributed by atoms with van der Waals surface area (Å²) in [6.45, 7) is 1.16. The van der Waals surface area contributed by atoms with Gasteiger partial charge in [0, 0.05) is 36.9 Å². The summed E-state index contributed by atoms with van der Waals surface area (Å²) in [7, 11) is 0. The Morgan fingerprint density at radius 3 is 2.67 bits per heavy atom. The summed E-state index contributed by atoms with van der Waals surface area (Å²) in [4.78, 5) is 43.8. The lowest BCUT2D eigenvalue weighted by atomic mass is 9.89. The molecule has 1 fully saturated rings. The van der Waals surface area contributed by atoms with Crippen LogP contribution in [0.4, 0.5) is 0 Å². The first-order valence-corrected chi connectivity index (χ1v) is 12.0. The molecule has 2 N–H and O–H groups in total. The van der Waals surface area contributed by atoms with E-state index in [1.807, 2.05) is 0 Å². The molecule has 0 aliphatic heterocycles. The number of rotatable bonds is 7. The highest BCUT2D eigenvalue weighted by molar-refractivity contribution is 7.18. The molecule has 162 valence electrons. The number of thiophene rings is 1. The number of aryl methyl sites for hydroxylation is 3. The standard InChI is InChI=1S/C22H30N4O3S/c27-18(23-11-12-24-20(28)15-6-2-1-3-7-15)10-13-26-14-25-21-19(22(26)29)16-8-4-5-9-17(16)30-21/h14-15H,1-13H2,(H,23,27)(H,24,28). The number of hydrogen-bond donors (Lipinski definition) is 2. The van der Waals surface area contributed by atoms with Gasteiger partial charge in [-0.05, 0) is 44.1 Å². The summed E-state index contributed by atoms with van der Waals surface area (Å²) in [6, 6.07) is 0. The molecule has 2 aromatic rings. The van der Waals surface area contributed by atoms with Crippen LogP contribution in [0.1, 0.15) is 61.8 Å². The smallest absolute Gasteiger partial charge is 0.262 e. The Labute approximate surface area is 180 Å². The van der Waals surface area contributed by atoms with Crippen molar-refractivity contribution < 1.29 is 9.59 Å². The van der Waals surface area contributed by atoms with E-state index in [-0.39, 0.29) is 29.7 Å². The molecule has 30 heavy (non-hydrogen) atoms. The first kappa shape index (κ1) is 21.0. The van der Waals surface area contributed by atoms with Crippen molar-refractivity contribution in [2.75, 3.05) is 13.1 Å². The molecule has 0 aromatic carbocycles. The molecule has 2 aliphatic rings. The van der Waals surface area contributed by atoms with Gasteiger partial charge in [0.2, 0.25) is 11.8 Å². The summed E-state index contributed by atoms with van der Waals surface area (Å²) >= 11 is 1.63. The van der Waals surface area contributed by atoms with Gasteiger partial charge in [-0.25, -0.2) is 4.98 Å². The van der Waals surface area contributed by atoms with Gasteiger partial charge in [-0.2, -0.15) is 0 Å². The summed E-state index contributed by atoms with van der Waals surface area (Å²) in [5.74, 6) is 0.113. The SMILES string of the molecule is O=C(CCn1cnc2sc3c(c2c1=O)CCCC3)NCCNC(=O)C1CCCCC1. The number of aromatic nitrogens is 2. The molecule has 0 radical (unpaired) electrons. The van der Waals surface area contributed by atoms with E-state index in [4.69, 9.17) is 0 Å². The molecule has 8 heteroatoms. The normalized spacial score (nSPS) is 16.9. The Kier molecular flexibility index (Phi) is 6.82. The van der Waals surface area contributed by atoms with E-state index in [1.54, 1.807) is 22.2 Å². The summed E-state index contributed by atoms with van der Waals surface area (Å²) in [5.41, 5.74) is 1.14. The molecule has 2 heterocycles. The van der Waals surface area contributed by atoms with Crippen LogP contribution in [0.25, 0.3) is 10.2 Å². The molecular formula is C22H30N4O3S. The highest BCUT2D eigenvalue weighted by Gasteiger charge is 2.21. The predicted octanol–water partition coefficient (Wildman–Crippen LogP) is 2.54. The fraction of sp³-hybridized carbons (Fsp3) is 0.636. The highest BCUT2D eigenvalue weighted by Crippen LogP contribution is 2.33. The zero-order chi connectivity index (χ0) is 20.9. The molecule has 2 amide bonds. The maximum Gasteiger partial charge on any atom is 0.262 e. The van der Waals surface area contributed by atoms with E-state index < -0.39 is 0 Å². The summed E-state index contributed by atoms with van der Waals surface area (Å²) < 4.78 is 1.55. The second kappa shape index (κ2) is 9.73. The average molecular weight is 431 g/mol. The second-order valence-corrected chi connectivity index (χ2v) is 9.44. The minimum Gasteiger partial charge on any atom is -0.354 e. The Bertz CT molecular complexity index is 975. The first-order valence-electron chi connectivity index (χ1n) is 11.2. The zero-order valence-electron chi connectivity index (χ0n) is 17.4. The first-order chi connectivity index (χ1) is 14.6. The minimum atomic E-state index is -0.124. The fourth-order valence-electron chi connectivity index (χ4n) is 4.55. The van der Waals surface area contributed by atoms with Crippen LogP contribution in [0.3, 0.4) is 0 Å². The van der Waals surface area contributed by atoms with Crippen molar-refractivity contribution in [1.82, 2.24) is 20.2 Å². The number of carbonyl (C=O) groups excluding carboxylic acids is 2. The maximum absolute atomic E-state index is 12.9. The molecule has 1 saturated carbocycles. The van der Waals surface area contributed by atoms with Crippen LogP contribution in [0.15, 0.2) is 11.1 Å². The van der Waals surface area contributed by atoms with Gasteiger partial charge in [0.25, 0.3) is 5.56 Å². The molecule has 4 rings (SSSR count). The largest absolute Gasteiger partial charge is 0.354 e. The average Bonchev–Trinajstić information content (AvgIpc) is 3.16. The number of carbonyl (C=O) groups is 2. The van der Waals surface area contributed by atoms with Crippen LogP contribution < -0.4 is 16.2 Å². The van der Waals surface area contributed by atoms with Crippen molar-refractivity contribution in [3.05, 3.63) is 27.1 Å². The van der Waals surface area contributed by atoms with Gasteiger partial charge in [-0.15, -0.1) is 11.3 Å². The molecule has 0 unspecified atom stereocenters. The van der Waals surface area contributed by atoms with Crippen LogP contribution in [0.5, 0.6) is 0 Å². The topological polar surface area (TPSA) is 93.1 Å². The monoisotopic (exact) mass is 430 g/mol. The fourth-order valence-corrected chi connectivity index (χ4v) is 5.77. The van der Waals surface area contributed by atoms with E-state index in [1.165, 1.54) is 23.3 Å².